The lowest BCUT2D eigenvalue weighted by Crippen LogP contribution is -2.54. The van der Waals surface area contributed by atoms with Gasteiger partial charge in [0.2, 0.25) is 5.91 Å². The zero-order chi connectivity index (χ0) is 27.9. The van der Waals surface area contributed by atoms with Gasteiger partial charge in [0.05, 0.1) is 12.7 Å². The quantitative estimate of drug-likeness (QED) is 0.387. The smallest absolute Gasteiger partial charge is 0.408 e. The largest absolute Gasteiger partial charge is 0.444 e. The van der Waals surface area contributed by atoms with Gasteiger partial charge in [-0.3, -0.25) is 9.59 Å². The number of alkyl carbamates (subject to hydrolysis) is 1. The number of fused-ring (bicyclic) bond motifs is 1. The van der Waals surface area contributed by atoms with Gasteiger partial charge in [-0.2, -0.15) is 5.26 Å². The predicted molar refractivity (Wildman–Crippen MR) is 144 cm³/mol. The van der Waals surface area contributed by atoms with E-state index in [2.05, 4.69) is 10.6 Å². The fraction of sp³-hybridized carbons (Fsp3) is 0.310. The van der Waals surface area contributed by atoms with Gasteiger partial charge in [-0.05, 0) is 61.7 Å². The van der Waals surface area contributed by atoms with E-state index < -0.39 is 48.7 Å². The first-order chi connectivity index (χ1) is 18.0. The number of anilines is 1. The second-order valence-electron chi connectivity index (χ2n) is 9.82. The van der Waals surface area contributed by atoms with Crippen LogP contribution in [0, 0.1) is 18.3 Å². The molecule has 3 amide bonds. The first kappa shape index (κ1) is 28.2. The Morgan fingerprint density at radius 3 is 2.32 bits per heavy atom. The molecule has 0 aromatic heterocycles. The molecule has 0 spiro atoms. The number of carbonyl (C=O) groups excluding carboxylic acids is 3. The highest BCUT2D eigenvalue weighted by Gasteiger charge is 2.36. The second kappa shape index (κ2) is 12.2. The van der Waals surface area contributed by atoms with E-state index in [4.69, 9.17) is 4.74 Å². The van der Waals surface area contributed by atoms with Crippen molar-refractivity contribution in [3.63, 3.8) is 0 Å². The molecule has 0 heterocycles. The van der Waals surface area contributed by atoms with Crippen molar-refractivity contribution in [2.75, 3.05) is 18.5 Å². The molecule has 38 heavy (non-hydrogen) atoms. The SMILES string of the molecule is Cc1ccccc1C(C(=O)Nc1ccc2ccccc2c1)N(CC#N)C(=O)C(CO)NC(=O)OC(C)(C)C. The third-order valence-corrected chi connectivity index (χ3v) is 5.76. The van der Waals surface area contributed by atoms with Crippen molar-refractivity contribution >= 4 is 34.4 Å². The minimum absolute atomic E-state index is 0.463. The van der Waals surface area contributed by atoms with Crippen LogP contribution in [0.3, 0.4) is 0 Å². The molecule has 9 nitrogen and oxygen atoms in total. The van der Waals surface area contributed by atoms with E-state index in [9.17, 15) is 24.8 Å². The third-order valence-electron chi connectivity index (χ3n) is 5.76. The van der Waals surface area contributed by atoms with E-state index in [1.54, 1.807) is 58.0 Å². The Bertz CT molecular complexity index is 1360. The molecule has 3 N–H and O–H groups in total. The number of aliphatic hydroxyl groups is 1. The van der Waals surface area contributed by atoms with E-state index in [0.717, 1.165) is 21.2 Å². The lowest BCUT2D eigenvalue weighted by atomic mass is 9.98. The molecule has 9 heteroatoms. The van der Waals surface area contributed by atoms with Gasteiger partial charge in [-0.15, -0.1) is 0 Å². The summed E-state index contributed by atoms with van der Waals surface area (Å²) in [5.41, 5.74) is 0.913. The number of nitriles is 1. The van der Waals surface area contributed by atoms with Crippen molar-refractivity contribution in [2.24, 2.45) is 0 Å². The Kier molecular flexibility index (Phi) is 9.05. The maximum atomic E-state index is 13.8. The molecule has 0 radical (unpaired) electrons. The fourth-order valence-corrected chi connectivity index (χ4v) is 4.03. The monoisotopic (exact) mass is 516 g/mol. The maximum absolute atomic E-state index is 13.8. The molecule has 3 aromatic carbocycles. The van der Waals surface area contributed by atoms with Crippen LogP contribution in [0.15, 0.2) is 66.7 Å². The predicted octanol–water partition coefficient (Wildman–Crippen LogP) is 4.07. The van der Waals surface area contributed by atoms with E-state index in [1.165, 1.54) is 0 Å². The van der Waals surface area contributed by atoms with Gasteiger partial charge in [0.1, 0.15) is 24.2 Å². The highest BCUT2D eigenvalue weighted by Crippen LogP contribution is 2.27. The fourth-order valence-electron chi connectivity index (χ4n) is 4.03. The van der Waals surface area contributed by atoms with Gasteiger partial charge in [-0.1, -0.05) is 54.6 Å². The number of hydrogen-bond acceptors (Lipinski definition) is 6. The van der Waals surface area contributed by atoms with Gasteiger partial charge in [0.25, 0.3) is 5.91 Å². The van der Waals surface area contributed by atoms with Crippen LogP contribution in [-0.4, -0.2) is 52.7 Å². The number of rotatable bonds is 8. The Morgan fingerprint density at radius 1 is 1.03 bits per heavy atom. The summed E-state index contributed by atoms with van der Waals surface area (Å²) in [6.07, 6.45) is -0.908. The van der Waals surface area contributed by atoms with Gasteiger partial charge in [-0.25, -0.2) is 4.79 Å². The first-order valence-electron chi connectivity index (χ1n) is 12.2. The zero-order valence-corrected chi connectivity index (χ0v) is 21.9. The van der Waals surface area contributed by atoms with E-state index in [0.29, 0.717) is 11.3 Å². The molecular weight excluding hydrogens is 484 g/mol. The van der Waals surface area contributed by atoms with Crippen LogP contribution in [0.4, 0.5) is 10.5 Å². The molecule has 2 unspecified atom stereocenters. The molecule has 0 fully saturated rings. The standard InChI is InChI=1S/C29H32N4O5/c1-19-9-5-8-12-23(19)25(26(35)31-22-14-13-20-10-6-7-11-21(20)17-22)33(16-15-30)27(36)24(18-34)32-28(37)38-29(2,3)4/h5-14,17,24-25,34H,16,18H2,1-4H3,(H,31,35)(H,32,37). The summed E-state index contributed by atoms with van der Waals surface area (Å²) in [6, 6.07) is 19.4. The molecule has 0 aliphatic heterocycles. The Balaban J connectivity index is 1.98. The number of benzene rings is 3. The summed E-state index contributed by atoms with van der Waals surface area (Å²) in [6.45, 7) is 5.56. The molecule has 0 saturated carbocycles. The highest BCUT2D eigenvalue weighted by molar-refractivity contribution is 6.00. The number of hydrogen-bond donors (Lipinski definition) is 3. The van der Waals surface area contributed by atoms with Gasteiger partial charge >= 0.3 is 6.09 Å². The summed E-state index contributed by atoms with van der Waals surface area (Å²) < 4.78 is 5.21. The molecule has 2 atom stereocenters. The van der Waals surface area contributed by atoms with Crippen LogP contribution in [0.5, 0.6) is 0 Å². The highest BCUT2D eigenvalue weighted by atomic mass is 16.6. The number of nitrogens with zero attached hydrogens (tertiary/aromatic N) is 2. The van der Waals surface area contributed by atoms with Gasteiger partial charge in [0, 0.05) is 5.69 Å². The topological polar surface area (TPSA) is 132 Å². The summed E-state index contributed by atoms with van der Waals surface area (Å²) in [5, 5.41) is 26.7. The average molecular weight is 517 g/mol. The van der Waals surface area contributed by atoms with E-state index in [-0.39, 0.29) is 0 Å². The first-order valence-corrected chi connectivity index (χ1v) is 12.2. The lowest BCUT2D eigenvalue weighted by Gasteiger charge is -2.33. The Morgan fingerprint density at radius 2 is 1.68 bits per heavy atom. The van der Waals surface area contributed by atoms with Gasteiger partial charge < -0.3 is 25.4 Å². The van der Waals surface area contributed by atoms with E-state index >= 15 is 0 Å². The average Bonchev–Trinajstić information content (AvgIpc) is 2.86. The maximum Gasteiger partial charge on any atom is 0.408 e. The number of aryl methyl sites for hydroxylation is 1. The summed E-state index contributed by atoms with van der Waals surface area (Å²) in [4.78, 5) is 40.7. The third kappa shape index (κ3) is 7.08. The second-order valence-corrected chi connectivity index (χ2v) is 9.82. The van der Waals surface area contributed by atoms with Crippen LogP contribution in [0.2, 0.25) is 0 Å². The number of ether oxygens (including phenoxy) is 1. The van der Waals surface area contributed by atoms with Crippen LogP contribution in [0.25, 0.3) is 10.8 Å². The van der Waals surface area contributed by atoms with Crippen molar-refractivity contribution in [3.05, 3.63) is 77.9 Å². The number of amides is 3. The van der Waals surface area contributed by atoms with Crippen molar-refractivity contribution in [1.82, 2.24) is 10.2 Å². The Hall–Kier alpha value is -4.42. The minimum Gasteiger partial charge on any atom is -0.444 e. The summed E-state index contributed by atoms with van der Waals surface area (Å²) in [7, 11) is 0. The Labute approximate surface area is 222 Å². The molecule has 0 bridgehead atoms. The summed E-state index contributed by atoms with van der Waals surface area (Å²) in [5.74, 6) is -1.35. The number of carbonyl (C=O) groups is 3. The molecule has 0 aliphatic carbocycles. The van der Waals surface area contributed by atoms with Crippen LogP contribution >= 0.6 is 0 Å². The lowest BCUT2D eigenvalue weighted by molar-refractivity contribution is -0.140. The van der Waals surface area contributed by atoms with E-state index in [1.807, 2.05) is 42.5 Å². The molecule has 198 valence electrons. The number of nitrogens with one attached hydrogen (secondary N) is 2. The molecule has 0 saturated heterocycles. The minimum atomic E-state index is -1.43. The molecule has 0 aliphatic rings. The van der Waals surface area contributed by atoms with Crippen molar-refractivity contribution < 1.29 is 24.2 Å². The van der Waals surface area contributed by atoms with Crippen LogP contribution < -0.4 is 10.6 Å². The molecule has 3 rings (SSSR count). The zero-order valence-electron chi connectivity index (χ0n) is 21.9. The van der Waals surface area contributed by atoms with Gasteiger partial charge in [0.15, 0.2) is 0 Å². The van der Waals surface area contributed by atoms with Crippen LogP contribution in [0.1, 0.15) is 37.9 Å². The van der Waals surface area contributed by atoms with Crippen molar-refractivity contribution in [3.8, 4) is 6.07 Å². The van der Waals surface area contributed by atoms with Crippen LogP contribution in [-0.2, 0) is 14.3 Å². The molecule has 3 aromatic rings. The van der Waals surface area contributed by atoms with Crippen molar-refractivity contribution in [1.29, 1.82) is 5.26 Å². The number of aliphatic hydroxyl groups excluding tert-OH is 1. The van der Waals surface area contributed by atoms with Crippen molar-refractivity contribution in [2.45, 2.75) is 45.4 Å². The normalized spacial score (nSPS) is 12.6. The molecular formula is C29H32N4O5. The summed E-state index contributed by atoms with van der Waals surface area (Å²) >= 11 is 0.